The van der Waals surface area contributed by atoms with Crippen LogP contribution in [0.2, 0.25) is 0 Å². The van der Waals surface area contributed by atoms with Crippen molar-refractivity contribution in [3.05, 3.63) is 11.6 Å². The summed E-state index contributed by atoms with van der Waals surface area (Å²) in [6.07, 6.45) is 6.11. The summed E-state index contributed by atoms with van der Waals surface area (Å²) in [5.74, 6) is 0.330. The van der Waals surface area contributed by atoms with Gasteiger partial charge in [0.1, 0.15) is 0 Å². The van der Waals surface area contributed by atoms with Gasteiger partial charge >= 0.3 is 0 Å². The Morgan fingerprint density at radius 3 is 2.67 bits per heavy atom. The van der Waals surface area contributed by atoms with Crippen LogP contribution in [0.1, 0.15) is 46.5 Å². The molecular formula is C13H23NO. The van der Waals surface area contributed by atoms with Gasteiger partial charge in [0.2, 0.25) is 0 Å². The molecule has 0 aromatic heterocycles. The summed E-state index contributed by atoms with van der Waals surface area (Å²) in [6, 6.07) is 0. The molecule has 1 rings (SSSR count). The molecule has 1 N–H and O–H groups in total. The molecule has 1 atom stereocenters. The van der Waals surface area contributed by atoms with E-state index in [1.54, 1.807) is 0 Å². The second-order valence-corrected chi connectivity index (χ2v) is 4.90. The number of allylic oxidation sites excluding steroid dienone is 2. The number of carbonyl (C=O) groups excluding carboxylic acids is 1. The number of ketones is 1. The zero-order chi connectivity index (χ0) is 11.3. The van der Waals surface area contributed by atoms with Crippen LogP contribution in [0.3, 0.4) is 0 Å². The fourth-order valence-electron chi connectivity index (χ4n) is 2.41. The van der Waals surface area contributed by atoms with Crippen molar-refractivity contribution in [2.75, 3.05) is 13.1 Å². The van der Waals surface area contributed by atoms with Crippen LogP contribution in [0.15, 0.2) is 11.6 Å². The summed E-state index contributed by atoms with van der Waals surface area (Å²) in [7, 11) is 0. The summed E-state index contributed by atoms with van der Waals surface area (Å²) in [4.78, 5) is 12.2. The number of carbonyl (C=O) groups is 1. The first-order valence-electron chi connectivity index (χ1n) is 6.01. The van der Waals surface area contributed by atoms with Gasteiger partial charge in [-0.3, -0.25) is 4.79 Å². The highest BCUT2D eigenvalue weighted by molar-refractivity contribution is 5.95. The Labute approximate surface area is 93.1 Å². The van der Waals surface area contributed by atoms with Crippen molar-refractivity contribution >= 4 is 5.78 Å². The molecule has 15 heavy (non-hydrogen) atoms. The first kappa shape index (κ1) is 12.4. The van der Waals surface area contributed by atoms with E-state index in [-0.39, 0.29) is 5.41 Å². The molecule has 1 heterocycles. The SMILES string of the molecule is CCCC1(C(=O)C=C(C)C)CCCNC1. The number of rotatable bonds is 4. The molecule has 0 aromatic rings. The van der Waals surface area contributed by atoms with Gasteiger partial charge in [0.25, 0.3) is 0 Å². The monoisotopic (exact) mass is 209 g/mol. The van der Waals surface area contributed by atoms with Crippen molar-refractivity contribution in [2.45, 2.75) is 46.5 Å². The van der Waals surface area contributed by atoms with Crippen LogP contribution in [0, 0.1) is 5.41 Å². The lowest BCUT2D eigenvalue weighted by Crippen LogP contribution is -2.44. The van der Waals surface area contributed by atoms with E-state index < -0.39 is 0 Å². The molecule has 0 radical (unpaired) electrons. The van der Waals surface area contributed by atoms with E-state index in [9.17, 15) is 4.79 Å². The molecule has 0 spiro atoms. The predicted molar refractivity (Wildman–Crippen MR) is 63.9 cm³/mol. The number of hydrogen-bond donors (Lipinski definition) is 1. The fourth-order valence-corrected chi connectivity index (χ4v) is 2.41. The Morgan fingerprint density at radius 1 is 1.47 bits per heavy atom. The Hall–Kier alpha value is -0.630. The smallest absolute Gasteiger partial charge is 0.163 e. The molecule has 0 saturated carbocycles. The predicted octanol–water partition coefficient (Wildman–Crippen LogP) is 2.69. The molecule has 1 unspecified atom stereocenters. The molecule has 0 aliphatic carbocycles. The van der Waals surface area contributed by atoms with E-state index in [0.717, 1.165) is 44.3 Å². The van der Waals surface area contributed by atoms with Crippen molar-refractivity contribution in [3.8, 4) is 0 Å². The minimum Gasteiger partial charge on any atom is -0.316 e. The third-order valence-corrected chi connectivity index (χ3v) is 3.14. The minimum absolute atomic E-state index is 0.107. The van der Waals surface area contributed by atoms with Crippen LogP contribution < -0.4 is 5.32 Å². The average molecular weight is 209 g/mol. The van der Waals surface area contributed by atoms with Crippen LogP contribution >= 0.6 is 0 Å². The second kappa shape index (κ2) is 5.45. The van der Waals surface area contributed by atoms with E-state index >= 15 is 0 Å². The van der Waals surface area contributed by atoms with Gasteiger partial charge in [-0.05, 0) is 45.7 Å². The van der Waals surface area contributed by atoms with E-state index in [0.29, 0.717) is 5.78 Å². The Kier molecular flexibility index (Phi) is 4.52. The van der Waals surface area contributed by atoms with Gasteiger partial charge < -0.3 is 5.32 Å². The summed E-state index contributed by atoms with van der Waals surface area (Å²) in [5, 5.41) is 3.36. The largest absolute Gasteiger partial charge is 0.316 e. The van der Waals surface area contributed by atoms with Gasteiger partial charge in [0.15, 0.2) is 5.78 Å². The summed E-state index contributed by atoms with van der Waals surface area (Å²) >= 11 is 0. The number of piperidine rings is 1. The van der Waals surface area contributed by atoms with Gasteiger partial charge in [-0.1, -0.05) is 18.9 Å². The van der Waals surface area contributed by atoms with Gasteiger partial charge in [-0.25, -0.2) is 0 Å². The Morgan fingerprint density at radius 2 is 2.20 bits per heavy atom. The normalized spacial score (nSPS) is 26.1. The third kappa shape index (κ3) is 3.16. The molecule has 1 saturated heterocycles. The lowest BCUT2D eigenvalue weighted by atomic mass is 9.73. The van der Waals surface area contributed by atoms with E-state index in [2.05, 4.69) is 12.2 Å². The summed E-state index contributed by atoms with van der Waals surface area (Å²) in [6.45, 7) is 8.07. The first-order chi connectivity index (χ1) is 7.10. The second-order valence-electron chi connectivity index (χ2n) is 4.90. The maximum absolute atomic E-state index is 12.2. The zero-order valence-electron chi connectivity index (χ0n) is 10.2. The molecule has 0 bridgehead atoms. The zero-order valence-corrected chi connectivity index (χ0v) is 10.2. The molecular weight excluding hydrogens is 186 g/mol. The molecule has 1 aliphatic rings. The van der Waals surface area contributed by atoms with E-state index in [4.69, 9.17) is 0 Å². The molecule has 1 fully saturated rings. The number of nitrogens with one attached hydrogen (secondary N) is 1. The minimum atomic E-state index is -0.107. The quantitative estimate of drug-likeness (QED) is 0.721. The van der Waals surface area contributed by atoms with Gasteiger partial charge in [0, 0.05) is 12.0 Å². The van der Waals surface area contributed by atoms with Crippen LogP contribution in [0.25, 0.3) is 0 Å². The topological polar surface area (TPSA) is 29.1 Å². The molecule has 1 aliphatic heterocycles. The van der Waals surface area contributed by atoms with Crippen LogP contribution in [0.4, 0.5) is 0 Å². The maximum atomic E-state index is 12.2. The van der Waals surface area contributed by atoms with E-state index in [1.807, 2.05) is 19.9 Å². The van der Waals surface area contributed by atoms with Crippen LogP contribution in [0.5, 0.6) is 0 Å². The van der Waals surface area contributed by atoms with E-state index in [1.165, 1.54) is 0 Å². The lowest BCUT2D eigenvalue weighted by molar-refractivity contribution is -0.125. The molecule has 86 valence electrons. The number of hydrogen-bond acceptors (Lipinski definition) is 2. The molecule has 2 nitrogen and oxygen atoms in total. The Bertz CT molecular complexity index is 240. The summed E-state index contributed by atoms with van der Waals surface area (Å²) < 4.78 is 0. The van der Waals surface area contributed by atoms with Crippen molar-refractivity contribution < 1.29 is 4.79 Å². The molecule has 0 aromatic carbocycles. The highest BCUT2D eigenvalue weighted by Crippen LogP contribution is 2.33. The van der Waals surface area contributed by atoms with Gasteiger partial charge in [0.05, 0.1) is 0 Å². The molecule has 0 amide bonds. The maximum Gasteiger partial charge on any atom is 0.163 e. The standard InChI is InChI=1S/C13H23NO/c1-4-6-13(7-5-8-14-10-13)12(15)9-11(2)3/h9,14H,4-8,10H2,1-3H3. The highest BCUT2D eigenvalue weighted by Gasteiger charge is 2.36. The fraction of sp³-hybridized carbons (Fsp3) is 0.769. The van der Waals surface area contributed by atoms with Crippen molar-refractivity contribution in [2.24, 2.45) is 5.41 Å². The summed E-state index contributed by atoms with van der Waals surface area (Å²) in [5.41, 5.74) is 1.01. The van der Waals surface area contributed by atoms with Crippen molar-refractivity contribution in [3.63, 3.8) is 0 Å². The van der Waals surface area contributed by atoms with Gasteiger partial charge in [-0.15, -0.1) is 0 Å². The average Bonchev–Trinajstić information content (AvgIpc) is 2.18. The van der Waals surface area contributed by atoms with Crippen molar-refractivity contribution in [1.29, 1.82) is 0 Å². The van der Waals surface area contributed by atoms with Crippen LogP contribution in [-0.4, -0.2) is 18.9 Å². The Balaban J connectivity index is 2.79. The third-order valence-electron chi connectivity index (χ3n) is 3.14. The highest BCUT2D eigenvalue weighted by atomic mass is 16.1. The van der Waals surface area contributed by atoms with Crippen molar-refractivity contribution in [1.82, 2.24) is 5.32 Å². The first-order valence-corrected chi connectivity index (χ1v) is 6.01. The van der Waals surface area contributed by atoms with Gasteiger partial charge in [-0.2, -0.15) is 0 Å². The lowest BCUT2D eigenvalue weighted by Gasteiger charge is -2.35. The van der Waals surface area contributed by atoms with Crippen LogP contribution in [-0.2, 0) is 4.79 Å². The molecule has 2 heteroatoms.